The number of esters is 1. The van der Waals surface area contributed by atoms with Crippen LogP contribution in [0.25, 0.3) is 0 Å². The molecule has 3 aromatic carbocycles. The summed E-state index contributed by atoms with van der Waals surface area (Å²) in [6.45, 7) is 6.74. The number of nitrogens with zero attached hydrogens (tertiary/aromatic N) is 2. The zero-order chi connectivity index (χ0) is 26.2. The Balaban J connectivity index is 1.36. The minimum atomic E-state index is -0.339. The van der Waals surface area contributed by atoms with Gasteiger partial charge in [0.05, 0.1) is 19.2 Å². The molecule has 0 atom stereocenters. The molecule has 0 N–H and O–H groups in total. The number of para-hydroxylation sites is 2. The van der Waals surface area contributed by atoms with E-state index in [1.54, 1.807) is 19.2 Å². The van der Waals surface area contributed by atoms with Crippen LogP contribution < -0.4 is 14.4 Å². The van der Waals surface area contributed by atoms with Crippen molar-refractivity contribution < 1.29 is 19.1 Å². The Hall–Kier alpha value is -3.80. The number of carbonyl (C=O) groups is 2. The molecule has 0 aliphatic carbocycles. The second-order valence-corrected chi connectivity index (χ2v) is 9.50. The molecule has 194 valence electrons. The number of hydrogen-bond acceptors (Lipinski definition) is 5. The van der Waals surface area contributed by atoms with Gasteiger partial charge in [-0.1, -0.05) is 55.8 Å². The molecular weight excluding hydrogens is 464 g/mol. The SMILES string of the molecule is CCCCc1ccc(CC(=O)Oc2ccc(C)c(C(=O)N3CCN(c4ccccc4OC)CC3)c2)cc1. The maximum Gasteiger partial charge on any atom is 0.315 e. The van der Waals surface area contributed by atoms with E-state index in [0.29, 0.717) is 24.4 Å². The first-order valence-corrected chi connectivity index (χ1v) is 13.0. The molecule has 1 amide bonds. The molecule has 1 heterocycles. The Kier molecular flexibility index (Phi) is 8.83. The van der Waals surface area contributed by atoms with E-state index in [1.165, 1.54) is 5.56 Å². The van der Waals surface area contributed by atoms with Gasteiger partial charge in [0.1, 0.15) is 11.5 Å². The summed E-state index contributed by atoms with van der Waals surface area (Å²) in [6.07, 6.45) is 3.56. The Labute approximate surface area is 219 Å². The number of ether oxygens (including phenoxy) is 2. The third-order valence-corrected chi connectivity index (χ3v) is 6.85. The minimum absolute atomic E-state index is 0.0438. The van der Waals surface area contributed by atoms with Gasteiger partial charge in [-0.2, -0.15) is 0 Å². The van der Waals surface area contributed by atoms with Crippen LogP contribution in [0, 0.1) is 6.92 Å². The number of methoxy groups -OCH3 is 1. The zero-order valence-electron chi connectivity index (χ0n) is 22.0. The third-order valence-electron chi connectivity index (χ3n) is 6.85. The van der Waals surface area contributed by atoms with Crippen molar-refractivity contribution >= 4 is 17.6 Å². The summed E-state index contributed by atoms with van der Waals surface area (Å²) in [4.78, 5) is 30.1. The van der Waals surface area contributed by atoms with Crippen molar-refractivity contribution in [1.29, 1.82) is 0 Å². The van der Waals surface area contributed by atoms with Crippen molar-refractivity contribution in [2.24, 2.45) is 0 Å². The molecule has 6 heteroatoms. The van der Waals surface area contributed by atoms with Gasteiger partial charge in [-0.05, 0) is 60.7 Å². The second-order valence-electron chi connectivity index (χ2n) is 9.50. The van der Waals surface area contributed by atoms with Gasteiger partial charge in [0, 0.05) is 31.7 Å². The van der Waals surface area contributed by atoms with Crippen LogP contribution in [0.1, 0.15) is 46.8 Å². The summed E-state index contributed by atoms with van der Waals surface area (Å²) in [5.41, 5.74) is 4.67. The Bertz CT molecular complexity index is 1210. The fourth-order valence-electron chi connectivity index (χ4n) is 4.65. The molecule has 3 aromatic rings. The third kappa shape index (κ3) is 6.70. The number of benzene rings is 3. The van der Waals surface area contributed by atoms with Crippen LogP contribution >= 0.6 is 0 Å². The van der Waals surface area contributed by atoms with E-state index in [-0.39, 0.29) is 18.3 Å². The van der Waals surface area contributed by atoms with Crippen LogP contribution in [0.2, 0.25) is 0 Å². The van der Waals surface area contributed by atoms with Gasteiger partial charge in [0.25, 0.3) is 5.91 Å². The fourth-order valence-corrected chi connectivity index (χ4v) is 4.65. The largest absolute Gasteiger partial charge is 0.495 e. The van der Waals surface area contributed by atoms with Crippen molar-refractivity contribution in [3.8, 4) is 11.5 Å². The summed E-state index contributed by atoms with van der Waals surface area (Å²) in [5, 5.41) is 0. The molecule has 1 aliphatic heterocycles. The maximum atomic E-state index is 13.4. The van der Waals surface area contributed by atoms with Gasteiger partial charge in [0.15, 0.2) is 0 Å². The molecule has 0 spiro atoms. The van der Waals surface area contributed by atoms with Crippen LogP contribution in [0.4, 0.5) is 5.69 Å². The molecule has 1 aliphatic rings. The minimum Gasteiger partial charge on any atom is -0.495 e. The molecule has 37 heavy (non-hydrogen) atoms. The first-order chi connectivity index (χ1) is 18.0. The van der Waals surface area contributed by atoms with E-state index < -0.39 is 0 Å². The van der Waals surface area contributed by atoms with E-state index in [1.807, 2.05) is 54.3 Å². The number of amides is 1. The van der Waals surface area contributed by atoms with E-state index in [9.17, 15) is 9.59 Å². The average Bonchev–Trinajstić information content (AvgIpc) is 2.93. The zero-order valence-corrected chi connectivity index (χ0v) is 22.0. The maximum absolute atomic E-state index is 13.4. The molecule has 0 unspecified atom stereocenters. The Morgan fingerprint density at radius 3 is 2.30 bits per heavy atom. The molecular formula is C31H36N2O4. The monoisotopic (exact) mass is 500 g/mol. The molecule has 0 bridgehead atoms. The average molecular weight is 501 g/mol. The number of rotatable bonds is 9. The van der Waals surface area contributed by atoms with Crippen LogP contribution in [-0.2, 0) is 17.6 Å². The quantitative estimate of drug-likeness (QED) is 0.289. The van der Waals surface area contributed by atoms with Crippen molar-refractivity contribution in [2.75, 3.05) is 38.2 Å². The van der Waals surface area contributed by atoms with Gasteiger partial charge in [-0.15, -0.1) is 0 Å². The number of unbranched alkanes of at least 4 members (excludes halogenated alkanes) is 1. The van der Waals surface area contributed by atoms with Crippen molar-refractivity contribution in [1.82, 2.24) is 4.90 Å². The molecule has 1 fully saturated rings. The summed E-state index contributed by atoms with van der Waals surface area (Å²) in [5.74, 6) is 0.845. The van der Waals surface area contributed by atoms with Crippen molar-refractivity contribution in [3.63, 3.8) is 0 Å². The molecule has 0 aromatic heterocycles. The molecule has 1 saturated heterocycles. The predicted octanol–water partition coefficient (Wildman–Crippen LogP) is 5.46. The number of aryl methyl sites for hydroxylation is 2. The van der Waals surface area contributed by atoms with E-state index in [4.69, 9.17) is 9.47 Å². The lowest BCUT2D eigenvalue weighted by Crippen LogP contribution is -2.49. The highest BCUT2D eigenvalue weighted by Gasteiger charge is 2.25. The molecule has 0 saturated carbocycles. The van der Waals surface area contributed by atoms with E-state index in [0.717, 1.165) is 54.9 Å². The molecule has 4 rings (SSSR count). The van der Waals surface area contributed by atoms with Crippen molar-refractivity contribution in [2.45, 2.75) is 39.5 Å². The van der Waals surface area contributed by atoms with E-state index in [2.05, 4.69) is 24.0 Å². The van der Waals surface area contributed by atoms with Gasteiger partial charge < -0.3 is 19.3 Å². The van der Waals surface area contributed by atoms with Crippen molar-refractivity contribution in [3.05, 3.63) is 89.0 Å². The summed E-state index contributed by atoms with van der Waals surface area (Å²) >= 11 is 0. The Morgan fingerprint density at radius 2 is 1.59 bits per heavy atom. The molecule has 6 nitrogen and oxygen atoms in total. The van der Waals surface area contributed by atoms with Gasteiger partial charge in [-0.25, -0.2) is 0 Å². The molecule has 0 radical (unpaired) electrons. The first-order valence-electron chi connectivity index (χ1n) is 13.0. The highest BCUT2D eigenvalue weighted by atomic mass is 16.5. The summed E-state index contributed by atoms with van der Waals surface area (Å²) < 4.78 is 11.1. The Morgan fingerprint density at radius 1 is 0.892 bits per heavy atom. The van der Waals surface area contributed by atoms with E-state index >= 15 is 0 Å². The van der Waals surface area contributed by atoms with Gasteiger partial charge in [-0.3, -0.25) is 9.59 Å². The standard InChI is InChI=1S/C31H36N2O4/c1-4-5-8-24-12-14-25(15-13-24)21-30(34)37-26-16-11-23(2)27(22-26)31(35)33-19-17-32(18-20-33)28-9-6-7-10-29(28)36-3/h6-7,9-16,22H,4-5,8,17-21H2,1-3H3. The first kappa shape index (κ1) is 26.3. The summed E-state index contributed by atoms with van der Waals surface area (Å²) in [6, 6.07) is 21.3. The lowest BCUT2D eigenvalue weighted by Gasteiger charge is -2.36. The number of anilines is 1. The number of carbonyl (C=O) groups excluding carboxylic acids is 2. The highest BCUT2D eigenvalue weighted by molar-refractivity contribution is 5.96. The predicted molar refractivity (Wildman–Crippen MR) is 147 cm³/mol. The summed E-state index contributed by atoms with van der Waals surface area (Å²) in [7, 11) is 1.67. The number of piperazine rings is 1. The smallest absolute Gasteiger partial charge is 0.315 e. The van der Waals surface area contributed by atoms with Crippen LogP contribution in [0.3, 0.4) is 0 Å². The van der Waals surface area contributed by atoms with Crippen LogP contribution in [0.5, 0.6) is 11.5 Å². The normalized spacial score (nSPS) is 13.4. The lowest BCUT2D eigenvalue weighted by molar-refractivity contribution is -0.133. The lowest BCUT2D eigenvalue weighted by atomic mass is 10.0. The topological polar surface area (TPSA) is 59.1 Å². The van der Waals surface area contributed by atoms with Crippen LogP contribution in [-0.4, -0.2) is 50.1 Å². The van der Waals surface area contributed by atoms with Gasteiger partial charge >= 0.3 is 5.97 Å². The fraction of sp³-hybridized carbons (Fsp3) is 0.355. The second kappa shape index (κ2) is 12.4. The van der Waals surface area contributed by atoms with Crippen LogP contribution in [0.15, 0.2) is 66.7 Å². The number of hydrogen-bond donors (Lipinski definition) is 0. The highest BCUT2D eigenvalue weighted by Crippen LogP contribution is 2.29. The van der Waals surface area contributed by atoms with Gasteiger partial charge in [0.2, 0.25) is 0 Å².